The average Bonchev–Trinajstić information content (AvgIpc) is 3.30. The molecule has 1 unspecified atom stereocenters. The van der Waals surface area contributed by atoms with Gasteiger partial charge in [0.15, 0.2) is 0 Å². The lowest BCUT2D eigenvalue weighted by molar-refractivity contribution is 0.0643. The van der Waals surface area contributed by atoms with E-state index in [1.165, 1.54) is 11.3 Å². The van der Waals surface area contributed by atoms with Gasteiger partial charge in [-0.1, -0.05) is 11.6 Å². The summed E-state index contributed by atoms with van der Waals surface area (Å²) in [6.07, 6.45) is 6.65. The number of rotatable bonds is 3. The number of H-pyrrole nitrogens is 1. The fraction of sp³-hybridized carbons (Fsp3) is 0.389. The lowest BCUT2D eigenvalue weighted by Gasteiger charge is -2.34. The van der Waals surface area contributed by atoms with Crippen molar-refractivity contribution in [2.24, 2.45) is 0 Å². The van der Waals surface area contributed by atoms with Crippen molar-refractivity contribution in [3.63, 3.8) is 0 Å². The van der Waals surface area contributed by atoms with Gasteiger partial charge in [0.05, 0.1) is 28.4 Å². The SMILES string of the molecule is N#Cc1ccc(C(=O)N(C2CC2)C2CCc3[nH]ncc3C2)c(Cl)c1. The summed E-state index contributed by atoms with van der Waals surface area (Å²) >= 11 is 6.26. The maximum atomic E-state index is 13.1. The zero-order valence-corrected chi connectivity index (χ0v) is 13.9. The highest BCUT2D eigenvalue weighted by molar-refractivity contribution is 6.34. The number of hydrogen-bond donors (Lipinski definition) is 1. The van der Waals surface area contributed by atoms with E-state index in [1.807, 2.05) is 17.2 Å². The van der Waals surface area contributed by atoms with Crippen LogP contribution in [0.3, 0.4) is 0 Å². The Kier molecular flexibility index (Phi) is 3.78. The first kappa shape index (κ1) is 15.2. The van der Waals surface area contributed by atoms with E-state index in [9.17, 15) is 4.79 Å². The number of fused-ring (bicyclic) bond motifs is 1. The molecule has 0 spiro atoms. The molecule has 1 atom stereocenters. The van der Waals surface area contributed by atoms with Crippen LogP contribution in [0.1, 0.15) is 46.4 Å². The van der Waals surface area contributed by atoms with Gasteiger partial charge < -0.3 is 4.90 Å². The summed E-state index contributed by atoms with van der Waals surface area (Å²) in [5, 5.41) is 16.5. The van der Waals surface area contributed by atoms with E-state index in [0.717, 1.165) is 32.1 Å². The van der Waals surface area contributed by atoms with E-state index in [-0.39, 0.29) is 11.9 Å². The van der Waals surface area contributed by atoms with Crippen LogP contribution in [-0.2, 0) is 12.8 Å². The van der Waals surface area contributed by atoms with Gasteiger partial charge in [-0.05, 0) is 55.9 Å². The van der Waals surface area contributed by atoms with E-state index in [1.54, 1.807) is 18.2 Å². The number of aryl methyl sites for hydroxylation is 1. The summed E-state index contributed by atoms with van der Waals surface area (Å²) < 4.78 is 0. The van der Waals surface area contributed by atoms with E-state index in [4.69, 9.17) is 16.9 Å². The Morgan fingerprint density at radius 3 is 2.88 bits per heavy atom. The van der Waals surface area contributed by atoms with Crippen molar-refractivity contribution < 1.29 is 4.79 Å². The van der Waals surface area contributed by atoms with Gasteiger partial charge >= 0.3 is 0 Å². The third-order valence-corrected chi connectivity index (χ3v) is 5.20. The number of hydrogen-bond acceptors (Lipinski definition) is 3. The van der Waals surface area contributed by atoms with Crippen molar-refractivity contribution in [2.45, 2.75) is 44.2 Å². The number of nitrogens with one attached hydrogen (secondary N) is 1. The molecule has 0 radical (unpaired) electrons. The highest BCUT2D eigenvalue weighted by Gasteiger charge is 2.39. The number of nitriles is 1. The molecule has 1 fully saturated rings. The number of carbonyl (C=O) groups excluding carboxylic acids is 1. The first-order valence-electron chi connectivity index (χ1n) is 8.21. The lowest BCUT2D eigenvalue weighted by Crippen LogP contribution is -2.45. The largest absolute Gasteiger partial charge is 0.332 e. The summed E-state index contributed by atoms with van der Waals surface area (Å²) in [6, 6.07) is 7.43. The summed E-state index contributed by atoms with van der Waals surface area (Å²) in [5.74, 6) is -0.0241. The van der Waals surface area contributed by atoms with E-state index in [2.05, 4.69) is 10.2 Å². The Morgan fingerprint density at radius 1 is 1.33 bits per heavy atom. The number of aromatic amines is 1. The maximum absolute atomic E-state index is 13.1. The number of halogens is 1. The molecule has 5 nitrogen and oxygen atoms in total. The molecule has 1 N–H and O–H groups in total. The molecule has 0 saturated heterocycles. The van der Waals surface area contributed by atoms with Crippen LogP contribution >= 0.6 is 11.6 Å². The smallest absolute Gasteiger partial charge is 0.255 e. The third-order valence-electron chi connectivity index (χ3n) is 4.89. The molecule has 1 aromatic carbocycles. The van der Waals surface area contributed by atoms with Gasteiger partial charge in [0.25, 0.3) is 5.91 Å². The first-order chi connectivity index (χ1) is 11.7. The quantitative estimate of drug-likeness (QED) is 0.933. The van der Waals surface area contributed by atoms with E-state index >= 15 is 0 Å². The van der Waals surface area contributed by atoms with Gasteiger partial charge in [-0.25, -0.2) is 0 Å². The normalized spacial score (nSPS) is 19.4. The molecule has 1 heterocycles. The Balaban J connectivity index is 1.62. The fourth-order valence-electron chi connectivity index (χ4n) is 3.51. The number of aromatic nitrogens is 2. The monoisotopic (exact) mass is 340 g/mol. The first-order valence-corrected chi connectivity index (χ1v) is 8.58. The molecule has 2 aliphatic rings. The summed E-state index contributed by atoms with van der Waals surface area (Å²) in [5.41, 5.74) is 3.34. The number of carbonyl (C=O) groups is 1. The Morgan fingerprint density at radius 2 is 2.17 bits per heavy atom. The van der Waals surface area contributed by atoms with Crippen LogP contribution in [0.15, 0.2) is 24.4 Å². The predicted molar refractivity (Wildman–Crippen MR) is 89.8 cm³/mol. The average molecular weight is 341 g/mol. The van der Waals surface area contributed by atoms with Gasteiger partial charge in [-0.3, -0.25) is 9.89 Å². The van der Waals surface area contributed by atoms with Crippen molar-refractivity contribution in [2.75, 3.05) is 0 Å². The highest BCUT2D eigenvalue weighted by atomic mass is 35.5. The van der Waals surface area contributed by atoms with Crippen LogP contribution in [-0.4, -0.2) is 33.1 Å². The van der Waals surface area contributed by atoms with Crippen LogP contribution < -0.4 is 0 Å². The molecular formula is C18H17ClN4O. The minimum Gasteiger partial charge on any atom is -0.332 e. The van der Waals surface area contributed by atoms with Gasteiger partial charge in [0.2, 0.25) is 0 Å². The summed E-state index contributed by atoms with van der Waals surface area (Å²) in [6.45, 7) is 0. The Labute approximate surface area is 145 Å². The van der Waals surface area contributed by atoms with Gasteiger partial charge in [-0.2, -0.15) is 10.4 Å². The highest BCUT2D eigenvalue weighted by Crippen LogP contribution is 2.35. The fourth-order valence-corrected chi connectivity index (χ4v) is 3.78. The van der Waals surface area contributed by atoms with Crippen LogP contribution in [0.5, 0.6) is 0 Å². The minimum absolute atomic E-state index is 0.0241. The third kappa shape index (κ3) is 2.67. The lowest BCUT2D eigenvalue weighted by atomic mass is 9.91. The van der Waals surface area contributed by atoms with Gasteiger partial charge in [0, 0.05) is 17.8 Å². The van der Waals surface area contributed by atoms with Crippen molar-refractivity contribution in [1.82, 2.24) is 15.1 Å². The molecule has 0 aliphatic heterocycles. The van der Waals surface area contributed by atoms with Crippen LogP contribution in [0.25, 0.3) is 0 Å². The summed E-state index contributed by atoms with van der Waals surface area (Å²) in [7, 11) is 0. The predicted octanol–water partition coefficient (Wildman–Crippen LogP) is 3.10. The molecule has 0 bridgehead atoms. The van der Waals surface area contributed by atoms with E-state index in [0.29, 0.717) is 22.2 Å². The topological polar surface area (TPSA) is 72.8 Å². The molecule has 122 valence electrons. The maximum Gasteiger partial charge on any atom is 0.255 e. The molecule has 1 amide bonds. The van der Waals surface area contributed by atoms with Crippen LogP contribution in [0.4, 0.5) is 0 Å². The second-order valence-electron chi connectivity index (χ2n) is 6.52. The van der Waals surface area contributed by atoms with Crippen molar-refractivity contribution in [3.8, 4) is 6.07 Å². The zero-order chi connectivity index (χ0) is 16.7. The molecule has 1 aromatic heterocycles. The standard InChI is InChI=1S/C18H17ClN4O/c19-16-7-11(9-20)1-5-15(16)18(24)23(13-2-3-13)14-4-6-17-12(8-14)10-21-22-17/h1,5,7,10,13-14H,2-4,6,8H2,(H,21,22). The molecular weight excluding hydrogens is 324 g/mol. The second-order valence-corrected chi connectivity index (χ2v) is 6.93. The Hall–Kier alpha value is -2.32. The van der Waals surface area contributed by atoms with Crippen LogP contribution in [0, 0.1) is 11.3 Å². The van der Waals surface area contributed by atoms with E-state index < -0.39 is 0 Å². The molecule has 24 heavy (non-hydrogen) atoms. The zero-order valence-electron chi connectivity index (χ0n) is 13.1. The second kappa shape index (κ2) is 5.95. The number of nitrogens with zero attached hydrogens (tertiary/aromatic N) is 3. The van der Waals surface area contributed by atoms with Gasteiger partial charge in [-0.15, -0.1) is 0 Å². The molecule has 2 aliphatic carbocycles. The molecule has 6 heteroatoms. The van der Waals surface area contributed by atoms with Crippen molar-refractivity contribution in [1.29, 1.82) is 5.26 Å². The Bertz CT molecular complexity index is 834. The number of benzene rings is 1. The van der Waals surface area contributed by atoms with Crippen LogP contribution in [0.2, 0.25) is 5.02 Å². The number of amides is 1. The minimum atomic E-state index is -0.0241. The molecule has 1 saturated carbocycles. The van der Waals surface area contributed by atoms with Crippen molar-refractivity contribution in [3.05, 3.63) is 51.8 Å². The van der Waals surface area contributed by atoms with Gasteiger partial charge in [0.1, 0.15) is 0 Å². The van der Waals surface area contributed by atoms with Crippen molar-refractivity contribution >= 4 is 17.5 Å². The molecule has 4 rings (SSSR count). The molecule has 2 aromatic rings. The summed E-state index contributed by atoms with van der Waals surface area (Å²) in [4.78, 5) is 15.1.